The summed E-state index contributed by atoms with van der Waals surface area (Å²) in [5.41, 5.74) is 1.62. The van der Waals surface area contributed by atoms with Crippen LogP contribution in [0.3, 0.4) is 0 Å². The van der Waals surface area contributed by atoms with Crippen LogP contribution >= 0.6 is 0 Å². The number of aryl methyl sites for hydroxylation is 1. The number of rotatable bonds is 5. The van der Waals surface area contributed by atoms with Gasteiger partial charge in [-0.1, -0.05) is 27.7 Å². The number of carbonyl (C=O) groups is 1. The number of ketones is 1. The molecular weight excluding hydrogens is 486 g/mol. The SMILES string of the molecule is COC[C@]12CC[C@@](C)(O)C[C@]1(C)CC[C@@H]1[C@]2(C)CC[C@]2(C)[C@@H](C(=O)Cn3ncc4cc(C)ncc43)CC[C@@]12C. The summed E-state index contributed by atoms with van der Waals surface area (Å²) < 4.78 is 7.93. The van der Waals surface area contributed by atoms with E-state index in [1.807, 2.05) is 44.1 Å². The van der Waals surface area contributed by atoms with Gasteiger partial charge in [-0.15, -0.1) is 0 Å². The number of fused-ring (bicyclic) bond motifs is 6. The van der Waals surface area contributed by atoms with Crippen LogP contribution in [0.4, 0.5) is 0 Å². The van der Waals surface area contributed by atoms with Crippen LogP contribution in [0, 0.1) is 45.8 Å². The fourth-order valence-corrected chi connectivity index (χ4v) is 11.4. The molecule has 4 aliphatic rings. The number of nitrogens with zero attached hydrogens (tertiary/aromatic N) is 3. The Kier molecular flexibility index (Phi) is 6.04. The number of carbonyl (C=O) groups excluding carboxylic acids is 1. The first-order chi connectivity index (χ1) is 18.2. The van der Waals surface area contributed by atoms with Gasteiger partial charge < -0.3 is 9.84 Å². The maximum atomic E-state index is 14.1. The summed E-state index contributed by atoms with van der Waals surface area (Å²) in [5, 5.41) is 16.8. The Morgan fingerprint density at radius 3 is 2.49 bits per heavy atom. The smallest absolute Gasteiger partial charge is 0.157 e. The third-order valence-corrected chi connectivity index (χ3v) is 13.6. The molecular formula is C33H49N3O3. The number of hydrogen-bond acceptors (Lipinski definition) is 5. The second-order valence-corrected chi connectivity index (χ2v) is 15.3. The van der Waals surface area contributed by atoms with Crippen molar-refractivity contribution in [1.82, 2.24) is 14.8 Å². The Morgan fingerprint density at radius 1 is 1.00 bits per heavy atom. The number of Topliss-reactive ketones (excluding diaryl/α,β-unsaturated/α-hetero) is 1. The van der Waals surface area contributed by atoms with Crippen molar-refractivity contribution in [1.29, 1.82) is 0 Å². The Morgan fingerprint density at radius 2 is 1.74 bits per heavy atom. The third-order valence-electron chi connectivity index (χ3n) is 13.6. The second kappa shape index (κ2) is 8.61. The molecule has 1 N–H and O–H groups in total. The predicted molar refractivity (Wildman–Crippen MR) is 153 cm³/mol. The number of hydrogen-bond donors (Lipinski definition) is 1. The van der Waals surface area contributed by atoms with Crippen LogP contribution in [0.15, 0.2) is 18.5 Å². The Balaban J connectivity index is 1.32. The molecule has 0 saturated heterocycles. The average molecular weight is 536 g/mol. The van der Waals surface area contributed by atoms with Gasteiger partial charge in [-0.2, -0.15) is 5.10 Å². The number of methoxy groups -OCH3 is 1. The summed E-state index contributed by atoms with van der Waals surface area (Å²) in [5.74, 6) is 0.936. The minimum atomic E-state index is -0.599. The number of pyridine rings is 1. The first kappa shape index (κ1) is 27.4. The molecule has 2 aromatic heterocycles. The average Bonchev–Trinajstić information content (AvgIpc) is 3.37. The number of aromatic nitrogens is 3. The molecule has 0 unspecified atom stereocenters. The Labute approximate surface area is 234 Å². The van der Waals surface area contributed by atoms with Crippen molar-refractivity contribution in [3.63, 3.8) is 0 Å². The highest BCUT2D eigenvalue weighted by molar-refractivity contribution is 5.85. The topological polar surface area (TPSA) is 77.2 Å². The molecule has 4 aliphatic carbocycles. The normalized spacial score (nSPS) is 45.5. The van der Waals surface area contributed by atoms with E-state index in [0.29, 0.717) is 18.2 Å². The first-order valence-corrected chi connectivity index (χ1v) is 15.3. The minimum Gasteiger partial charge on any atom is -0.390 e. The molecule has 0 radical (unpaired) electrons. The molecule has 2 aromatic rings. The van der Waals surface area contributed by atoms with Crippen LogP contribution in [-0.2, 0) is 16.1 Å². The molecule has 39 heavy (non-hydrogen) atoms. The van der Waals surface area contributed by atoms with Gasteiger partial charge in [-0.3, -0.25) is 14.5 Å². The Bertz CT molecular complexity index is 1300. The molecule has 214 valence electrons. The largest absolute Gasteiger partial charge is 0.390 e. The summed E-state index contributed by atoms with van der Waals surface area (Å²) in [6, 6.07) is 2.04. The fraction of sp³-hybridized carbons (Fsp3) is 0.788. The monoisotopic (exact) mass is 535 g/mol. The summed E-state index contributed by atoms with van der Waals surface area (Å²) in [4.78, 5) is 18.5. The number of aliphatic hydroxyl groups is 1. The highest BCUT2D eigenvalue weighted by atomic mass is 16.5. The lowest BCUT2D eigenvalue weighted by Crippen LogP contribution is -2.69. The van der Waals surface area contributed by atoms with Gasteiger partial charge in [0.2, 0.25) is 0 Å². The lowest BCUT2D eigenvalue weighted by atomic mass is 9.31. The van der Waals surface area contributed by atoms with Crippen molar-refractivity contribution in [3.8, 4) is 0 Å². The van der Waals surface area contributed by atoms with E-state index in [0.717, 1.165) is 74.6 Å². The molecule has 0 spiro atoms. The van der Waals surface area contributed by atoms with Crippen LogP contribution in [0.5, 0.6) is 0 Å². The third kappa shape index (κ3) is 3.55. The van der Waals surface area contributed by atoms with Crippen molar-refractivity contribution in [2.45, 2.75) is 111 Å². The van der Waals surface area contributed by atoms with E-state index in [4.69, 9.17) is 4.74 Å². The van der Waals surface area contributed by atoms with E-state index in [-0.39, 0.29) is 33.0 Å². The molecule has 8 atom stereocenters. The van der Waals surface area contributed by atoms with E-state index in [2.05, 4.69) is 37.8 Å². The Hall–Kier alpha value is -1.79. The van der Waals surface area contributed by atoms with Crippen molar-refractivity contribution in [3.05, 3.63) is 24.2 Å². The zero-order chi connectivity index (χ0) is 28.1. The van der Waals surface area contributed by atoms with Crippen molar-refractivity contribution in [2.75, 3.05) is 13.7 Å². The van der Waals surface area contributed by atoms with Crippen molar-refractivity contribution in [2.24, 2.45) is 38.9 Å². The second-order valence-electron chi connectivity index (χ2n) is 15.3. The molecule has 0 bridgehead atoms. The van der Waals surface area contributed by atoms with Gasteiger partial charge in [0.25, 0.3) is 0 Å². The molecule has 4 saturated carbocycles. The van der Waals surface area contributed by atoms with Crippen LogP contribution in [0.1, 0.15) is 98.1 Å². The standard InChI is InChI=1S/C33H49N3O3/c1-22-16-23-17-35-36(25(23)18-34-22)19-26(37)24-8-11-31(5)27-9-10-28(2)20-29(3,38)12-15-33(28,21-39-7)32(27,6)14-13-30(24,31)4/h16-18,24,27,38H,8-15,19-21H2,1-7H3/t24-,27+,28+,29-,30-,31+,32+,33-/m1/s1. The van der Waals surface area contributed by atoms with Crippen molar-refractivity contribution >= 4 is 16.7 Å². The quantitative estimate of drug-likeness (QED) is 0.472. The zero-order valence-corrected chi connectivity index (χ0v) is 25.3. The molecule has 6 rings (SSSR count). The predicted octanol–water partition coefficient (Wildman–Crippen LogP) is 6.52. The molecule has 6 nitrogen and oxygen atoms in total. The molecule has 6 heteroatoms. The van der Waals surface area contributed by atoms with Crippen LogP contribution < -0.4 is 0 Å². The summed E-state index contributed by atoms with van der Waals surface area (Å²) in [7, 11) is 1.86. The lowest BCUT2D eigenvalue weighted by molar-refractivity contribution is -0.273. The van der Waals surface area contributed by atoms with Gasteiger partial charge in [-0.05, 0) is 105 Å². The van der Waals surface area contributed by atoms with E-state index in [9.17, 15) is 9.90 Å². The molecule has 4 fully saturated rings. The number of ether oxygens (including phenoxy) is 1. The highest BCUT2D eigenvalue weighted by Crippen LogP contribution is 2.79. The lowest BCUT2D eigenvalue weighted by Gasteiger charge is -2.74. The van der Waals surface area contributed by atoms with Crippen LogP contribution in [-0.4, -0.2) is 45.0 Å². The maximum Gasteiger partial charge on any atom is 0.157 e. The summed E-state index contributed by atoms with van der Waals surface area (Å²) in [6.45, 7) is 15.1. The first-order valence-electron chi connectivity index (χ1n) is 15.3. The van der Waals surface area contributed by atoms with Crippen molar-refractivity contribution < 1.29 is 14.6 Å². The molecule has 0 aliphatic heterocycles. The highest BCUT2D eigenvalue weighted by Gasteiger charge is 2.74. The van der Waals surface area contributed by atoms with Gasteiger partial charge in [0.1, 0.15) is 6.54 Å². The summed E-state index contributed by atoms with van der Waals surface area (Å²) in [6.07, 6.45) is 13.0. The zero-order valence-electron chi connectivity index (χ0n) is 25.3. The minimum absolute atomic E-state index is 0.0196. The van der Waals surface area contributed by atoms with E-state index in [1.165, 1.54) is 6.42 Å². The van der Waals surface area contributed by atoms with Gasteiger partial charge in [0.15, 0.2) is 5.78 Å². The van der Waals surface area contributed by atoms with Gasteiger partial charge >= 0.3 is 0 Å². The fourth-order valence-electron chi connectivity index (χ4n) is 11.4. The van der Waals surface area contributed by atoms with Gasteiger partial charge in [0, 0.05) is 29.5 Å². The van der Waals surface area contributed by atoms with E-state index in [1.54, 1.807) is 0 Å². The van der Waals surface area contributed by atoms with Crippen LogP contribution in [0.2, 0.25) is 0 Å². The van der Waals surface area contributed by atoms with E-state index < -0.39 is 5.60 Å². The summed E-state index contributed by atoms with van der Waals surface area (Å²) >= 11 is 0. The molecule has 0 aromatic carbocycles. The van der Waals surface area contributed by atoms with Gasteiger partial charge in [0.05, 0.1) is 30.1 Å². The maximum absolute atomic E-state index is 14.1. The molecule has 0 amide bonds. The van der Waals surface area contributed by atoms with E-state index >= 15 is 0 Å². The van der Waals surface area contributed by atoms with Gasteiger partial charge in [-0.25, -0.2) is 0 Å². The van der Waals surface area contributed by atoms with Crippen LogP contribution in [0.25, 0.3) is 10.9 Å². The molecule has 2 heterocycles.